The van der Waals surface area contributed by atoms with Crippen LogP contribution in [0.3, 0.4) is 0 Å². The topological polar surface area (TPSA) is 67.6 Å². The minimum Gasteiger partial charge on any atom is -0.379 e. The van der Waals surface area contributed by atoms with Crippen molar-refractivity contribution in [1.82, 2.24) is 10.2 Å². The molecule has 0 aliphatic carbocycles. The zero-order chi connectivity index (χ0) is 9.68. The van der Waals surface area contributed by atoms with Crippen LogP contribution in [0.5, 0.6) is 0 Å². The minimum absolute atomic E-state index is 0.107. The molecule has 0 bridgehead atoms. The van der Waals surface area contributed by atoms with Gasteiger partial charge in [0.1, 0.15) is 0 Å². The number of nitrogens with zero attached hydrogens (tertiary/aromatic N) is 1. The summed E-state index contributed by atoms with van der Waals surface area (Å²) < 4.78 is 5.21. The van der Waals surface area contributed by atoms with E-state index in [1.165, 1.54) is 0 Å². The standard InChI is InChI=1S/C8H17N3O2/c1-7(10-8(9)12)6-11-2-4-13-5-3-11/h7H,2-6H2,1H3,(H3,9,10,12). The Bertz CT molecular complexity index is 169. The van der Waals surface area contributed by atoms with Crippen molar-refractivity contribution < 1.29 is 9.53 Å². The zero-order valence-electron chi connectivity index (χ0n) is 7.95. The van der Waals surface area contributed by atoms with Gasteiger partial charge in [-0.1, -0.05) is 0 Å². The lowest BCUT2D eigenvalue weighted by atomic mass is 10.3. The molecule has 76 valence electrons. The van der Waals surface area contributed by atoms with Crippen LogP contribution >= 0.6 is 0 Å². The number of hydrogen-bond acceptors (Lipinski definition) is 3. The predicted molar refractivity (Wildman–Crippen MR) is 49.4 cm³/mol. The molecule has 3 N–H and O–H groups in total. The van der Waals surface area contributed by atoms with E-state index in [4.69, 9.17) is 10.5 Å². The van der Waals surface area contributed by atoms with Gasteiger partial charge in [0.25, 0.3) is 0 Å². The van der Waals surface area contributed by atoms with Crippen molar-refractivity contribution in [2.45, 2.75) is 13.0 Å². The van der Waals surface area contributed by atoms with Gasteiger partial charge in [0, 0.05) is 25.7 Å². The fraction of sp³-hybridized carbons (Fsp3) is 0.875. The molecule has 0 aromatic rings. The molecule has 5 nitrogen and oxygen atoms in total. The van der Waals surface area contributed by atoms with Crippen LogP contribution in [0.4, 0.5) is 4.79 Å². The first-order valence-corrected chi connectivity index (χ1v) is 4.54. The first-order valence-electron chi connectivity index (χ1n) is 4.54. The van der Waals surface area contributed by atoms with Gasteiger partial charge in [0.05, 0.1) is 13.2 Å². The second kappa shape index (κ2) is 5.04. The van der Waals surface area contributed by atoms with Gasteiger partial charge in [-0.2, -0.15) is 0 Å². The average molecular weight is 187 g/mol. The predicted octanol–water partition coefficient (Wildman–Crippen LogP) is -0.625. The van der Waals surface area contributed by atoms with Gasteiger partial charge in [0.15, 0.2) is 0 Å². The van der Waals surface area contributed by atoms with Crippen molar-refractivity contribution >= 4 is 6.03 Å². The first-order chi connectivity index (χ1) is 6.18. The fourth-order valence-corrected chi connectivity index (χ4v) is 1.46. The van der Waals surface area contributed by atoms with E-state index in [1.807, 2.05) is 6.92 Å². The van der Waals surface area contributed by atoms with E-state index >= 15 is 0 Å². The number of urea groups is 1. The van der Waals surface area contributed by atoms with Crippen LogP contribution in [-0.4, -0.2) is 49.8 Å². The number of nitrogens with two attached hydrogens (primary N) is 1. The van der Waals surface area contributed by atoms with Gasteiger partial charge in [-0.15, -0.1) is 0 Å². The van der Waals surface area contributed by atoms with E-state index in [0.717, 1.165) is 32.8 Å². The van der Waals surface area contributed by atoms with E-state index in [0.29, 0.717) is 0 Å². The molecule has 0 saturated carbocycles. The van der Waals surface area contributed by atoms with Gasteiger partial charge >= 0.3 is 6.03 Å². The largest absolute Gasteiger partial charge is 0.379 e. The molecular formula is C8H17N3O2. The SMILES string of the molecule is CC(CN1CCOCC1)NC(N)=O. The molecule has 1 unspecified atom stereocenters. The lowest BCUT2D eigenvalue weighted by Gasteiger charge is -2.29. The van der Waals surface area contributed by atoms with Crippen LogP contribution in [0.1, 0.15) is 6.92 Å². The highest BCUT2D eigenvalue weighted by Crippen LogP contribution is 1.97. The zero-order valence-corrected chi connectivity index (χ0v) is 7.95. The first kappa shape index (κ1) is 10.3. The number of nitrogens with one attached hydrogen (secondary N) is 1. The molecule has 0 radical (unpaired) electrons. The summed E-state index contributed by atoms with van der Waals surface area (Å²) in [6.07, 6.45) is 0. The summed E-state index contributed by atoms with van der Waals surface area (Å²) in [5.74, 6) is 0. The molecule has 1 saturated heterocycles. The molecule has 1 fully saturated rings. The summed E-state index contributed by atoms with van der Waals surface area (Å²) in [6.45, 7) is 6.22. The molecule has 0 spiro atoms. The van der Waals surface area contributed by atoms with Crippen molar-refractivity contribution in [3.8, 4) is 0 Å². The Hall–Kier alpha value is -0.810. The third-order valence-corrected chi connectivity index (χ3v) is 2.02. The van der Waals surface area contributed by atoms with E-state index < -0.39 is 6.03 Å². The summed E-state index contributed by atoms with van der Waals surface area (Å²) in [6, 6.07) is -0.351. The number of morpholine rings is 1. The molecule has 1 atom stereocenters. The van der Waals surface area contributed by atoms with Gasteiger partial charge in [-0.25, -0.2) is 4.79 Å². The van der Waals surface area contributed by atoms with Crippen LogP contribution in [0.2, 0.25) is 0 Å². The van der Waals surface area contributed by atoms with Gasteiger partial charge in [-0.3, -0.25) is 4.90 Å². The van der Waals surface area contributed by atoms with Crippen LogP contribution in [0, 0.1) is 0 Å². The molecule has 2 amide bonds. The van der Waals surface area contributed by atoms with Crippen molar-refractivity contribution in [3.63, 3.8) is 0 Å². The highest BCUT2D eigenvalue weighted by atomic mass is 16.5. The van der Waals surface area contributed by atoms with E-state index in [1.54, 1.807) is 0 Å². The highest BCUT2D eigenvalue weighted by molar-refractivity contribution is 5.71. The molecule has 0 aromatic carbocycles. The van der Waals surface area contributed by atoms with E-state index in [2.05, 4.69) is 10.2 Å². The maximum Gasteiger partial charge on any atom is 0.312 e. The summed E-state index contributed by atoms with van der Waals surface area (Å²) in [7, 11) is 0. The third kappa shape index (κ3) is 4.10. The Kier molecular flexibility index (Phi) is 3.98. The summed E-state index contributed by atoms with van der Waals surface area (Å²) in [4.78, 5) is 12.8. The summed E-state index contributed by atoms with van der Waals surface area (Å²) in [5.41, 5.74) is 5.01. The maximum atomic E-state index is 10.5. The number of primary amides is 1. The minimum atomic E-state index is -0.458. The maximum absolute atomic E-state index is 10.5. The molecule has 1 heterocycles. The number of hydrogen-bond donors (Lipinski definition) is 2. The second-order valence-electron chi connectivity index (χ2n) is 3.32. The van der Waals surface area contributed by atoms with Crippen LogP contribution in [-0.2, 0) is 4.74 Å². The lowest BCUT2D eigenvalue weighted by molar-refractivity contribution is 0.0349. The Morgan fingerprint density at radius 2 is 2.23 bits per heavy atom. The normalized spacial score (nSPS) is 21.0. The third-order valence-electron chi connectivity index (χ3n) is 2.02. The second-order valence-corrected chi connectivity index (χ2v) is 3.32. The van der Waals surface area contributed by atoms with Crippen molar-refractivity contribution in [1.29, 1.82) is 0 Å². The van der Waals surface area contributed by atoms with Crippen LogP contribution < -0.4 is 11.1 Å². The van der Waals surface area contributed by atoms with Gasteiger partial charge < -0.3 is 15.8 Å². The Labute approximate surface area is 78.2 Å². The molecule has 13 heavy (non-hydrogen) atoms. The van der Waals surface area contributed by atoms with Crippen LogP contribution in [0.15, 0.2) is 0 Å². The summed E-state index contributed by atoms with van der Waals surface area (Å²) in [5, 5.41) is 2.65. The molecule has 1 aliphatic heterocycles. The summed E-state index contributed by atoms with van der Waals surface area (Å²) >= 11 is 0. The van der Waals surface area contributed by atoms with Crippen LogP contribution in [0.25, 0.3) is 0 Å². The number of carbonyl (C=O) groups is 1. The number of ether oxygens (including phenoxy) is 1. The highest BCUT2D eigenvalue weighted by Gasteiger charge is 2.13. The van der Waals surface area contributed by atoms with Crippen molar-refractivity contribution in [2.24, 2.45) is 5.73 Å². The van der Waals surface area contributed by atoms with E-state index in [9.17, 15) is 4.79 Å². The molecule has 0 aromatic heterocycles. The van der Waals surface area contributed by atoms with Gasteiger partial charge in [0.2, 0.25) is 0 Å². The molecular weight excluding hydrogens is 170 g/mol. The Morgan fingerprint density at radius 3 is 2.77 bits per heavy atom. The lowest BCUT2D eigenvalue weighted by Crippen LogP contribution is -2.47. The monoisotopic (exact) mass is 187 g/mol. The van der Waals surface area contributed by atoms with Gasteiger partial charge in [-0.05, 0) is 6.92 Å². The average Bonchev–Trinajstić information content (AvgIpc) is 2.04. The quantitative estimate of drug-likeness (QED) is 0.618. The van der Waals surface area contributed by atoms with Crippen molar-refractivity contribution in [2.75, 3.05) is 32.8 Å². The Morgan fingerprint density at radius 1 is 1.62 bits per heavy atom. The fourth-order valence-electron chi connectivity index (χ4n) is 1.46. The smallest absolute Gasteiger partial charge is 0.312 e. The number of rotatable bonds is 3. The molecule has 1 rings (SSSR count). The molecule has 5 heteroatoms. The Balaban J connectivity index is 2.18. The van der Waals surface area contributed by atoms with E-state index in [-0.39, 0.29) is 6.04 Å². The van der Waals surface area contributed by atoms with Crippen molar-refractivity contribution in [3.05, 3.63) is 0 Å². The number of carbonyl (C=O) groups excluding carboxylic acids is 1. The molecule has 1 aliphatic rings. The number of amides is 2.